The zero-order valence-electron chi connectivity index (χ0n) is 7.66. The topological polar surface area (TPSA) is 26.0 Å². The first kappa shape index (κ1) is 10.4. The maximum atomic E-state index is 6.17. The van der Waals surface area contributed by atoms with E-state index in [1.165, 1.54) is 14.6 Å². The number of thiophene rings is 2. The van der Waals surface area contributed by atoms with Gasteiger partial charge in [0.05, 0.1) is 6.04 Å². The molecule has 1 atom stereocenters. The van der Waals surface area contributed by atoms with E-state index < -0.39 is 0 Å². The second-order valence-corrected chi connectivity index (χ2v) is 6.18. The largest absolute Gasteiger partial charge is 0.319 e. The first-order chi connectivity index (χ1) is 6.68. The predicted octanol–water partition coefficient (Wildman–Crippen LogP) is 3.93. The van der Waals surface area contributed by atoms with Crippen molar-refractivity contribution in [1.82, 2.24) is 0 Å². The van der Waals surface area contributed by atoms with Gasteiger partial charge in [0.25, 0.3) is 0 Å². The lowest BCUT2D eigenvalue weighted by atomic mass is 10.2. The molecule has 0 aliphatic carbocycles. The molecule has 74 valence electrons. The number of hydrogen-bond donors (Lipinski definition) is 1. The smallest absolute Gasteiger partial charge is 0.0751 e. The molecule has 0 saturated carbocycles. The molecule has 0 bridgehead atoms. The van der Waals surface area contributed by atoms with E-state index in [-0.39, 0.29) is 6.04 Å². The van der Waals surface area contributed by atoms with Gasteiger partial charge in [0.1, 0.15) is 0 Å². The number of rotatable bonds is 2. The summed E-state index contributed by atoms with van der Waals surface area (Å²) in [6.07, 6.45) is 0. The van der Waals surface area contributed by atoms with Crippen LogP contribution in [0.5, 0.6) is 0 Å². The van der Waals surface area contributed by atoms with E-state index in [0.29, 0.717) is 0 Å². The number of halogens is 1. The molecule has 0 saturated heterocycles. The van der Waals surface area contributed by atoms with Gasteiger partial charge in [-0.05, 0) is 46.4 Å². The van der Waals surface area contributed by atoms with E-state index in [1.54, 1.807) is 22.7 Å². The molecule has 1 nitrogen and oxygen atoms in total. The van der Waals surface area contributed by atoms with Crippen molar-refractivity contribution in [2.75, 3.05) is 0 Å². The molecule has 14 heavy (non-hydrogen) atoms. The molecule has 0 aromatic carbocycles. The minimum atomic E-state index is 0.0167. The van der Waals surface area contributed by atoms with Crippen molar-refractivity contribution in [1.29, 1.82) is 0 Å². The quantitative estimate of drug-likeness (QED) is 0.890. The Bertz CT molecular complexity index is 433. The fourth-order valence-electron chi connectivity index (χ4n) is 1.28. The third-order valence-corrected chi connectivity index (χ3v) is 5.03. The van der Waals surface area contributed by atoms with Crippen molar-refractivity contribution in [2.24, 2.45) is 5.73 Å². The highest BCUT2D eigenvalue weighted by atomic mass is 79.9. The average Bonchev–Trinajstić information content (AvgIpc) is 2.73. The molecular formula is C10H10BrNS2. The molecule has 0 radical (unpaired) electrons. The third-order valence-electron chi connectivity index (χ3n) is 1.99. The van der Waals surface area contributed by atoms with Crippen LogP contribution in [0.1, 0.15) is 20.7 Å². The van der Waals surface area contributed by atoms with Crippen LogP contribution in [0, 0.1) is 6.92 Å². The third kappa shape index (κ3) is 1.93. The second kappa shape index (κ2) is 4.14. The Balaban J connectivity index is 2.33. The average molecular weight is 288 g/mol. The summed E-state index contributed by atoms with van der Waals surface area (Å²) in [6.45, 7) is 2.10. The zero-order chi connectivity index (χ0) is 10.1. The van der Waals surface area contributed by atoms with Gasteiger partial charge in [-0.25, -0.2) is 0 Å². The molecule has 2 heterocycles. The Morgan fingerprint density at radius 3 is 2.64 bits per heavy atom. The van der Waals surface area contributed by atoms with Crippen LogP contribution in [0.3, 0.4) is 0 Å². The van der Waals surface area contributed by atoms with Gasteiger partial charge in [-0.3, -0.25) is 0 Å². The van der Waals surface area contributed by atoms with E-state index >= 15 is 0 Å². The first-order valence-corrected chi connectivity index (χ1v) is 6.72. The molecule has 0 amide bonds. The van der Waals surface area contributed by atoms with Crippen molar-refractivity contribution in [2.45, 2.75) is 13.0 Å². The number of nitrogens with two attached hydrogens (primary N) is 1. The lowest BCUT2D eigenvalue weighted by Crippen LogP contribution is -2.08. The van der Waals surface area contributed by atoms with Crippen molar-refractivity contribution in [3.63, 3.8) is 0 Å². The molecule has 2 aromatic heterocycles. The summed E-state index contributed by atoms with van der Waals surface area (Å²) < 4.78 is 1.11. The Hall–Kier alpha value is -0.160. The lowest BCUT2D eigenvalue weighted by Gasteiger charge is -2.07. The zero-order valence-corrected chi connectivity index (χ0v) is 10.9. The molecule has 2 rings (SSSR count). The van der Waals surface area contributed by atoms with Gasteiger partial charge in [0, 0.05) is 19.1 Å². The molecule has 0 aliphatic rings. The minimum absolute atomic E-state index is 0.0167. The molecule has 0 fully saturated rings. The van der Waals surface area contributed by atoms with E-state index in [1.807, 2.05) is 6.07 Å². The fourth-order valence-corrected chi connectivity index (χ4v) is 3.88. The summed E-state index contributed by atoms with van der Waals surface area (Å²) in [4.78, 5) is 3.74. The second-order valence-electron chi connectivity index (χ2n) is 3.06. The molecule has 4 heteroatoms. The van der Waals surface area contributed by atoms with Gasteiger partial charge in [-0.15, -0.1) is 22.7 Å². The molecular weight excluding hydrogens is 278 g/mol. The lowest BCUT2D eigenvalue weighted by molar-refractivity contribution is 0.912. The van der Waals surface area contributed by atoms with Crippen LogP contribution in [0.15, 0.2) is 28.1 Å². The van der Waals surface area contributed by atoms with Gasteiger partial charge in [0.15, 0.2) is 0 Å². The van der Waals surface area contributed by atoms with Crippen molar-refractivity contribution < 1.29 is 0 Å². The number of hydrogen-bond acceptors (Lipinski definition) is 3. The number of aryl methyl sites for hydroxylation is 1. The molecule has 0 aliphatic heterocycles. The summed E-state index contributed by atoms with van der Waals surface area (Å²) in [5.74, 6) is 0. The van der Waals surface area contributed by atoms with Crippen LogP contribution in [0.4, 0.5) is 0 Å². The highest BCUT2D eigenvalue weighted by Crippen LogP contribution is 2.34. The van der Waals surface area contributed by atoms with Crippen molar-refractivity contribution in [3.05, 3.63) is 42.7 Å². The first-order valence-electron chi connectivity index (χ1n) is 4.23. The van der Waals surface area contributed by atoms with Gasteiger partial charge >= 0.3 is 0 Å². The molecule has 0 spiro atoms. The maximum Gasteiger partial charge on any atom is 0.0751 e. The Morgan fingerprint density at radius 1 is 1.36 bits per heavy atom. The summed E-state index contributed by atoms with van der Waals surface area (Å²) >= 11 is 6.97. The predicted molar refractivity (Wildman–Crippen MR) is 67.1 cm³/mol. The van der Waals surface area contributed by atoms with Crippen LogP contribution in [0.25, 0.3) is 0 Å². The van der Waals surface area contributed by atoms with E-state index in [2.05, 4.69) is 40.4 Å². The maximum absolute atomic E-state index is 6.17. The van der Waals surface area contributed by atoms with E-state index in [9.17, 15) is 0 Å². The highest BCUT2D eigenvalue weighted by molar-refractivity contribution is 9.10. The molecule has 2 aromatic rings. The van der Waals surface area contributed by atoms with Crippen LogP contribution in [-0.4, -0.2) is 0 Å². The minimum Gasteiger partial charge on any atom is -0.319 e. The molecule has 2 N–H and O–H groups in total. The Labute approximate surface area is 99.7 Å². The van der Waals surface area contributed by atoms with Crippen LogP contribution < -0.4 is 5.73 Å². The van der Waals surface area contributed by atoms with E-state index in [0.717, 1.165) is 4.47 Å². The fraction of sp³-hybridized carbons (Fsp3) is 0.200. The van der Waals surface area contributed by atoms with E-state index in [4.69, 9.17) is 5.73 Å². The van der Waals surface area contributed by atoms with Gasteiger partial charge in [-0.2, -0.15) is 0 Å². The standard InChI is InChI=1S/C10H10BrNS2/c1-6-2-3-8(14-6)9(12)10-7(11)4-5-13-10/h2-5,9H,12H2,1H3. The van der Waals surface area contributed by atoms with Crippen molar-refractivity contribution in [3.8, 4) is 0 Å². The Kier molecular flexibility index (Phi) is 3.07. The SMILES string of the molecule is Cc1ccc(C(N)c2sccc2Br)s1. The van der Waals surface area contributed by atoms with Crippen LogP contribution in [-0.2, 0) is 0 Å². The summed E-state index contributed by atoms with van der Waals surface area (Å²) in [5.41, 5.74) is 6.17. The summed E-state index contributed by atoms with van der Waals surface area (Å²) in [7, 11) is 0. The Morgan fingerprint density at radius 2 is 2.14 bits per heavy atom. The summed E-state index contributed by atoms with van der Waals surface area (Å²) in [5, 5.41) is 2.06. The van der Waals surface area contributed by atoms with Gasteiger partial charge in [-0.1, -0.05) is 0 Å². The van der Waals surface area contributed by atoms with Crippen LogP contribution in [0.2, 0.25) is 0 Å². The van der Waals surface area contributed by atoms with Crippen molar-refractivity contribution >= 4 is 38.6 Å². The monoisotopic (exact) mass is 287 g/mol. The molecule has 1 unspecified atom stereocenters. The summed E-state index contributed by atoms with van der Waals surface area (Å²) in [6, 6.07) is 6.28. The van der Waals surface area contributed by atoms with Crippen LogP contribution >= 0.6 is 38.6 Å². The van der Waals surface area contributed by atoms with Gasteiger partial charge < -0.3 is 5.73 Å². The highest BCUT2D eigenvalue weighted by Gasteiger charge is 2.14. The van der Waals surface area contributed by atoms with Gasteiger partial charge in [0.2, 0.25) is 0 Å². The normalized spacial score (nSPS) is 13.1.